The molecule has 3 aromatic heterocycles. The molecule has 2 aromatic carbocycles. The Morgan fingerprint density at radius 3 is 2.19 bits per heavy atom. The third-order valence-corrected chi connectivity index (χ3v) is 8.22. The Morgan fingerprint density at radius 1 is 1.00 bits per heavy atom. The summed E-state index contributed by atoms with van der Waals surface area (Å²) in [6, 6.07) is 13.3. The Morgan fingerprint density at radius 2 is 1.60 bits per heavy atom. The van der Waals surface area contributed by atoms with Crippen LogP contribution in [0.25, 0.3) is 33.0 Å². The number of ether oxygens (including phenoxy) is 1. The first kappa shape index (κ1) is 32.2. The van der Waals surface area contributed by atoms with Crippen LogP contribution < -0.4 is 16.7 Å². The largest absolute Gasteiger partial charge is 0.394 e. The molecule has 7 rings (SSSR count). The van der Waals surface area contributed by atoms with Crippen LogP contribution >= 0.6 is 0 Å². The molecule has 0 saturated carbocycles. The first-order valence-electron chi connectivity index (χ1n) is 14.3. The van der Waals surface area contributed by atoms with Crippen molar-refractivity contribution in [3.8, 4) is 0 Å². The van der Waals surface area contributed by atoms with E-state index in [1.54, 1.807) is 23.9 Å². The van der Waals surface area contributed by atoms with E-state index in [9.17, 15) is 38.4 Å². The highest BCUT2D eigenvalue weighted by Crippen LogP contribution is 2.42. The summed E-state index contributed by atoms with van der Waals surface area (Å²) in [4.78, 5) is 51.1. The van der Waals surface area contributed by atoms with Crippen LogP contribution in [0.2, 0.25) is 0 Å². The number of non-ortho nitro benzene ring substituents is 1. The van der Waals surface area contributed by atoms with Crippen LogP contribution in [0.5, 0.6) is 0 Å². The number of hydrogen-bond acceptors (Lipinski definition) is 10. The monoisotopic (exact) mass is 663 g/mol. The second-order valence-corrected chi connectivity index (χ2v) is 11.2. The van der Waals surface area contributed by atoms with Crippen LogP contribution in [0.3, 0.4) is 0 Å². The lowest BCUT2D eigenvalue weighted by atomic mass is 9.95. The fourth-order valence-electron chi connectivity index (χ4n) is 5.92. The first-order chi connectivity index (χ1) is 22.7. The van der Waals surface area contributed by atoms with Gasteiger partial charge in [-0.3, -0.25) is 29.6 Å². The minimum atomic E-state index is -3.71. The fraction of sp³-hybridized carbons (Fsp3) is 0.226. The molecule has 17 heteroatoms. The molecule has 248 valence electrons. The zero-order valence-electron chi connectivity index (χ0n) is 25.2. The van der Waals surface area contributed by atoms with Gasteiger partial charge in [-0.2, -0.15) is 13.8 Å². The third-order valence-electron chi connectivity index (χ3n) is 8.22. The third kappa shape index (κ3) is 5.19. The number of benzene rings is 2. The highest BCUT2D eigenvalue weighted by atomic mass is 19.3. The molecule has 1 saturated heterocycles. The van der Waals surface area contributed by atoms with Crippen LogP contribution in [-0.2, 0) is 28.4 Å². The highest BCUT2D eigenvalue weighted by Gasteiger charge is 2.59. The molecular weight excluding hydrogens is 636 g/mol. The Kier molecular flexibility index (Phi) is 7.90. The molecule has 2 aliphatic heterocycles. The predicted octanol–water partition coefficient (Wildman–Crippen LogP) is 1.86. The van der Waals surface area contributed by atoms with E-state index in [0.29, 0.717) is 32.2 Å². The van der Waals surface area contributed by atoms with E-state index in [0.717, 1.165) is 23.2 Å². The lowest BCUT2D eigenvalue weighted by Gasteiger charge is -2.20. The van der Waals surface area contributed by atoms with Crippen molar-refractivity contribution in [2.45, 2.75) is 24.4 Å². The normalized spacial score (nSPS) is 20.3. The number of carbonyl (C=O) groups excluding carboxylic acids is 2. The standard InChI is InChI=1S/C22H16N4O4.C9H11F2N3O4/c1-24-10-15(13-5-3-4-6-17(13)24)19-20(22(28)23-21(19)27)16-11-25(2)18-9-12(26(29)30)7-8-14(16)18;10-9(11)6(16)4(3-15)18-7(9)14-2-1-5(12)13-8(14)17/h3-11H,1-2H3,(H,23,27,28);1-2,4,6-7,15-16H,3H2,(H2,12,13,17)/t;4-,6-,7-/m.1/s1. The number of aliphatic hydroxyl groups excluding tert-OH is 2. The smallest absolute Gasteiger partial charge is 0.351 e. The molecule has 1 fully saturated rings. The number of nitro benzene ring substituents is 1. The Balaban J connectivity index is 0.000000191. The van der Waals surface area contributed by atoms with Crippen LogP contribution in [-0.4, -0.2) is 70.4 Å². The summed E-state index contributed by atoms with van der Waals surface area (Å²) in [5.41, 5.74) is 7.54. The van der Waals surface area contributed by atoms with Crippen molar-refractivity contribution in [2.24, 2.45) is 14.1 Å². The van der Waals surface area contributed by atoms with Gasteiger partial charge in [0.15, 0.2) is 6.10 Å². The lowest BCUT2D eigenvalue weighted by Crippen LogP contribution is -2.41. The van der Waals surface area contributed by atoms with Gasteiger partial charge in [-0.25, -0.2) is 4.79 Å². The average molecular weight is 664 g/mol. The topological polar surface area (TPSA) is 210 Å². The SMILES string of the molecule is Cn1cc(C2=C(c3cn(C)c4cc([N+](=O)[O-])ccc34)C(=O)NC2=O)c2ccccc21.Nc1ccn([C@@H]2O[C@H](CO)[C@@H](O)C2(F)F)c(=O)n1. The number of rotatable bonds is 5. The number of nitro groups is 1. The maximum atomic E-state index is 13.7. The predicted molar refractivity (Wildman–Crippen MR) is 167 cm³/mol. The van der Waals surface area contributed by atoms with Crippen LogP contribution in [0.15, 0.2) is 71.9 Å². The molecule has 2 amide bonds. The Labute approximate surface area is 268 Å². The van der Waals surface area contributed by atoms with E-state index in [2.05, 4.69) is 10.3 Å². The van der Waals surface area contributed by atoms with Crippen molar-refractivity contribution in [1.82, 2.24) is 24.0 Å². The van der Waals surface area contributed by atoms with Crippen molar-refractivity contribution < 1.29 is 38.2 Å². The number of amides is 2. The number of anilines is 1. The Hall–Kier alpha value is -5.78. The van der Waals surface area contributed by atoms with Crippen LogP contribution in [0, 0.1) is 10.1 Å². The maximum Gasteiger partial charge on any atom is 0.351 e. The lowest BCUT2D eigenvalue weighted by molar-refractivity contribution is -0.384. The van der Waals surface area contributed by atoms with E-state index >= 15 is 0 Å². The van der Waals surface area contributed by atoms with Crippen molar-refractivity contribution in [3.63, 3.8) is 0 Å². The van der Waals surface area contributed by atoms with Gasteiger partial charge in [0.1, 0.15) is 11.9 Å². The van der Waals surface area contributed by atoms with Crippen molar-refractivity contribution in [3.05, 3.63) is 98.8 Å². The molecule has 5 aromatic rings. The number of aryl methyl sites for hydroxylation is 2. The zero-order chi connectivity index (χ0) is 34.7. The average Bonchev–Trinajstić information content (AvgIpc) is 3.72. The molecule has 0 spiro atoms. The molecule has 48 heavy (non-hydrogen) atoms. The molecule has 0 aliphatic carbocycles. The molecular formula is C31H27F2N7O8. The zero-order valence-corrected chi connectivity index (χ0v) is 25.2. The summed E-state index contributed by atoms with van der Waals surface area (Å²) < 4.78 is 36.3. The number of nitrogens with one attached hydrogen (secondary N) is 1. The molecule has 0 bridgehead atoms. The molecule has 3 atom stereocenters. The number of halogens is 2. The minimum absolute atomic E-state index is 0.0366. The number of alkyl halides is 2. The van der Waals surface area contributed by atoms with Gasteiger partial charge in [0.2, 0.25) is 6.23 Å². The van der Waals surface area contributed by atoms with E-state index in [-0.39, 0.29) is 17.1 Å². The van der Waals surface area contributed by atoms with Crippen LogP contribution in [0.4, 0.5) is 20.3 Å². The number of nitrogen functional groups attached to an aromatic ring is 1. The van der Waals surface area contributed by atoms with Gasteiger partial charge in [0.05, 0.1) is 28.2 Å². The number of aromatic nitrogens is 4. The van der Waals surface area contributed by atoms with Crippen molar-refractivity contribution in [1.29, 1.82) is 0 Å². The second-order valence-electron chi connectivity index (χ2n) is 11.2. The van der Waals surface area contributed by atoms with Gasteiger partial charge in [0.25, 0.3) is 17.5 Å². The number of aliphatic hydroxyl groups is 2. The van der Waals surface area contributed by atoms with E-state index in [4.69, 9.17) is 15.6 Å². The number of para-hydroxylation sites is 1. The molecule has 5 heterocycles. The van der Waals surface area contributed by atoms with E-state index in [1.807, 2.05) is 42.1 Å². The summed E-state index contributed by atoms with van der Waals surface area (Å²) in [6.07, 6.45) is -1.12. The number of imide groups is 1. The van der Waals surface area contributed by atoms with Crippen LogP contribution in [0.1, 0.15) is 17.4 Å². The van der Waals surface area contributed by atoms with E-state index < -0.39 is 53.4 Å². The van der Waals surface area contributed by atoms with E-state index in [1.165, 1.54) is 12.1 Å². The molecule has 2 aliphatic rings. The number of nitrogens with zero attached hydrogens (tertiary/aromatic N) is 5. The minimum Gasteiger partial charge on any atom is -0.394 e. The summed E-state index contributed by atoms with van der Waals surface area (Å²) in [7, 11) is 3.64. The molecule has 0 unspecified atom stereocenters. The number of nitrogens with two attached hydrogens (primary N) is 1. The number of fused-ring (bicyclic) bond motifs is 2. The highest BCUT2D eigenvalue weighted by molar-refractivity contribution is 6.50. The quantitative estimate of drug-likeness (QED) is 0.122. The summed E-state index contributed by atoms with van der Waals surface area (Å²) in [6.45, 7) is -0.787. The number of hydrogen-bond donors (Lipinski definition) is 4. The van der Waals surface area contributed by atoms with Gasteiger partial charge in [-0.05, 0) is 18.2 Å². The second kappa shape index (κ2) is 11.8. The molecule has 5 N–H and O–H groups in total. The van der Waals surface area contributed by atoms with Gasteiger partial charge in [-0.15, -0.1) is 0 Å². The first-order valence-corrected chi connectivity index (χ1v) is 14.3. The number of carbonyl (C=O) groups is 2. The Bertz CT molecular complexity index is 2240. The summed E-state index contributed by atoms with van der Waals surface area (Å²) in [5, 5.41) is 33.2. The van der Waals surface area contributed by atoms with Gasteiger partial charge < -0.3 is 29.8 Å². The fourth-order valence-corrected chi connectivity index (χ4v) is 5.92. The molecule has 0 radical (unpaired) electrons. The molecule has 15 nitrogen and oxygen atoms in total. The van der Waals surface area contributed by atoms with Gasteiger partial charge in [-0.1, -0.05) is 18.2 Å². The van der Waals surface area contributed by atoms with Crippen molar-refractivity contribution >= 4 is 56.3 Å². The summed E-state index contributed by atoms with van der Waals surface area (Å²) >= 11 is 0. The maximum absolute atomic E-state index is 13.7. The van der Waals surface area contributed by atoms with Gasteiger partial charge >= 0.3 is 11.6 Å². The van der Waals surface area contributed by atoms with Crippen molar-refractivity contribution in [2.75, 3.05) is 12.3 Å². The van der Waals surface area contributed by atoms with Gasteiger partial charge in [0, 0.05) is 72.2 Å². The summed E-state index contributed by atoms with van der Waals surface area (Å²) in [5.74, 6) is -4.76.